The normalized spacial score (nSPS) is 18.9. The van der Waals surface area contributed by atoms with E-state index in [1.807, 2.05) is 23.6 Å². The molecule has 1 amide bonds. The zero-order valence-electron chi connectivity index (χ0n) is 20.1. The second-order valence-corrected chi connectivity index (χ2v) is 9.58. The fraction of sp³-hybridized carbons (Fsp3) is 0.522. The van der Waals surface area contributed by atoms with E-state index in [0.29, 0.717) is 37.5 Å². The van der Waals surface area contributed by atoms with E-state index in [0.717, 1.165) is 25.9 Å². The van der Waals surface area contributed by atoms with Gasteiger partial charge >= 0.3 is 5.97 Å². The maximum absolute atomic E-state index is 13.2. The minimum absolute atomic E-state index is 0.0226. The number of allylic oxidation sites excluding steroid dienone is 1. The van der Waals surface area contributed by atoms with Gasteiger partial charge in [-0.3, -0.25) is 4.79 Å². The van der Waals surface area contributed by atoms with Gasteiger partial charge in [0.2, 0.25) is 0 Å². The molecule has 0 spiro atoms. The number of likely N-dealkylation sites (tertiary alicyclic amines) is 2. The average molecular weight is 493 g/mol. The number of methoxy groups -OCH3 is 2. The van der Waals surface area contributed by atoms with Gasteiger partial charge in [0.25, 0.3) is 15.9 Å². The first-order valence-electron chi connectivity index (χ1n) is 11.4. The third-order valence-corrected chi connectivity index (χ3v) is 7.34. The summed E-state index contributed by atoms with van der Waals surface area (Å²) in [5.41, 5.74) is 0.718. The molecule has 34 heavy (non-hydrogen) atoms. The molecule has 2 saturated heterocycles. The van der Waals surface area contributed by atoms with Gasteiger partial charge in [-0.2, -0.15) is 8.42 Å². The first-order chi connectivity index (χ1) is 16.2. The summed E-state index contributed by atoms with van der Waals surface area (Å²) in [6, 6.07) is 3.99. The van der Waals surface area contributed by atoms with Crippen LogP contribution in [0.1, 0.15) is 49.9 Å². The Bertz CT molecular complexity index is 1110. The molecule has 0 atom stereocenters. The molecule has 2 aliphatic rings. The van der Waals surface area contributed by atoms with Crippen LogP contribution in [0.25, 0.3) is 0 Å². The van der Waals surface area contributed by atoms with Crippen molar-refractivity contribution in [3.8, 4) is 5.75 Å². The number of sulfonamides is 1. The molecule has 2 heterocycles. The Morgan fingerprint density at radius 3 is 2.38 bits per heavy atom. The van der Waals surface area contributed by atoms with Crippen molar-refractivity contribution in [1.29, 1.82) is 0 Å². The van der Waals surface area contributed by atoms with Crippen molar-refractivity contribution < 1.29 is 27.5 Å². The van der Waals surface area contributed by atoms with Gasteiger partial charge in [-0.15, -0.1) is 4.40 Å². The molecule has 1 aromatic rings. The first kappa shape index (κ1) is 25.5. The van der Waals surface area contributed by atoms with Crippen LogP contribution < -0.4 is 10.1 Å². The number of hydrogen-bond donors (Lipinski definition) is 1. The number of benzene rings is 1. The number of ether oxygens (including phenoxy) is 2. The van der Waals surface area contributed by atoms with Crippen LogP contribution in [0.4, 0.5) is 0 Å². The highest BCUT2D eigenvalue weighted by molar-refractivity contribution is 7.90. The minimum atomic E-state index is -4.05. The molecule has 0 unspecified atom stereocenters. The van der Waals surface area contributed by atoms with E-state index in [9.17, 15) is 18.0 Å². The van der Waals surface area contributed by atoms with Crippen molar-refractivity contribution in [2.45, 2.75) is 44.4 Å². The number of esters is 1. The maximum Gasteiger partial charge on any atom is 0.356 e. The molecule has 0 saturated carbocycles. The van der Waals surface area contributed by atoms with Gasteiger partial charge in [0.1, 0.15) is 17.3 Å². The van der Waals surface area contributed by atoms with E-state index in [4.69, 9.17) is 9.47 Å². The van der Waals surface area contributed by atoms with Crippen LogP contribution in [0.3, 0.4) is 0 Å². The Kier molecular flexibility index (Phi) is 8.19. The second kappa shape index (κ2) is 10.9. The second-order valence-electron chi connectivity index (χ2n) is 7.98. The van der Waals surface area contributed by atoms with E-state index in [2.05, 4.69) is 9.71 Å². The van der Waals surface area contributed by atoms with Crippen molar-refractivity contribution in [3.05, 3.63) is 35.2 Å². The average Bonchev–Trinajstić information content (AvgIpc) is 3.49. The molecule has 0 aromatic heterocycles. The smallest absolute Gasteiger partial charge is 0.356 e. The van der Waals surface area contributed by atoms with Crippen molar-refractivity contribution >= 4 is 27.7 Å². The van der Waals surface area contributed by atoms with Gasteiger partial charge in [-0.25, -0.2) is 4.79 Å². The van der Waals surface area contributed by atoms with Crippen LogP contribution in [0.5, 0.6) is 5.75 Å². The highest BCUT2D eigenvalue weighted by Crippen LogP contribution is 2.27. The number of rotatable bonds is 8. The summed E-state index contributed by atoms with van der Waals surface area (Å²) in [4.78, 5) is 29.5. The predicted molar refractivity (Wildman–Crippen MR) is 127 cm³/mol. The van der Waals surface area contributed by atoms with Crippen LogP contribution in [-0.4, -0.2) is 76.3 Å². The topological polar surface area (TPSA) is 118 Å². The third-order valence-electron chi connectivity index (χ3n) is 6.04. The van der Waals surface area contributed by atoms with E-state index >= 15 is 0 Å². The molecule has 11 heteroatoms. The van der Waals surface area contributed by atoms with Gasteiger partial charge < -0.3 is 24.6 Å². The zero-order valence-corrected chi connectivity index (χ0v) is 20.9. The SMILES string of the molecule is CCN1CCCC1=NS(=O)(=O)c1ccc(OC)c(C(=O)NC(C(=O)OC)=C2CCCN2CC)c1. The monoisotopic (exact) mass is 492 g/mol. The van der Waals surface area contributed by atoms with Crippen LogP contribution in [0, 0.1) is 0 Å². The lowest BCUT2D eigenvalue weighted by atomic mass is 10.1. The quantitative estimate of drug-likeness (QED) is 0.433. The van der Waals surface area contributed by atoms with Crippen molar-refractivity contribution in [2.75, 3.05) is 40.4 Å². The van der Waals surface area contributed by atoms with Crippen LogP contribution in [-0.2, 0) is 19.6 Å². The molecule has 10 nitrogen and oxygen atoms in total. The van der Waals surface area contributed by atoms with E-state index in [1.54, 1.807) is 0 Å². The predicted octanol–water partition coefficient (Wildman–Crippen LogP) is 2.13. The summed E-state index contributed by atoms with van der Waals surface area (Å²) in [6.07, 6.45) is 2.90. The van der Waals surface area contributed by atoms with Gasteiger partial charge in [-0.05, 0) is 51.3 Å². The van der Waals surface area contributed by atoms with Crippen LogP contribution in [0.2, 0.25) is 0 Å². The van der Waals surface area contributed by atoms with Gasteiger partial charge in [-0.1, -0.05) is 0 Å². The molecular weight excluding hydrogens is 460 g/mol. The summed E-state index contributed by atoms with van der Waals surface area (Å²) in [6.45, 7) is 6.79. The van der Waals surface area contributed by atoms with Gasteiger partial charge in [0.05, 0.1) is 24.7 Å². The van der Waals surface area contributed by atoms with Crippen molar-refractivity contribution in [3.63, 3.8) is 0 Å². The fourth-order valence-corrected chi connectivity index (χ4v) is 5.36. The summed E-state index contributed by atoms with van der Waals surface area (Å²) < 4.78 is 40.2. The third kappa shape index (κ3) is 5.35. The molecule has 2 fully saturated rings. The summed E-state index contributed by atoms with van der Waals surface area (Å²) in [7, 11) is -1.42. The molecule has 0 radical (unpaired) electrons. The Morgan fingerprint density at radius 1 is 1.06 bits per heavy atom. The number of amides is 1. The zero-order chi connectivity index (χ0) is 24.9. The number of carbonyl (C=O) groups is 2. The van der Waals surface area contributed by atoms with E-state index in [1.165, 1.54) is 32.4 Å². The first-order valence-corrected chi connectivity index (χ1v) is 12.8. The molecule has 2 aliphatic heterocycles. The van der Waals surface area contributed by atoms with Gasteiger partial charge in [0.15, 0.2) is 0 Å². The Balaban J connectivity index is 1.98. The molecular formula is C23H32N4O6S. The summed E-state index contributed by atoms with van der Waals surface area (Å²) in [5, 5.41) is 2.64. The molecule has 0 aliphatic carbocycles. The summed E-state index contributed by atoms with van der Waals surface area (Å²) >= 11 is 0. The summed E-state index contributed by atoms with van der Waals surface area (Å²) in [5.74, 6) is -0.650. The van der Waals surface area contributed by atoms with E-state index in [-0.39, 0.29) is 21.9 Å². The lowest BCUT2D eigenvalue weighted by Crippen LogP contribution is -2.33. The van der Waals surface area contributed by atoms with Crippen LogP contribution >= 0.6 is 0 Å². The van der Waals surface area contributed by atoms with Crippen LogP contribution in [0.15, 0.2) is 38.9 Å². The minimum Gasteiger partial charge on any atom is -0.496 e. The molecule has 1 N–H and O–H groups in total. The molecule has 186 valence electrons. The van der Waals surface area contributed by atoms with Gasteiger partial charge in [0, 0.05) is 38.3 Å². The standard InChI is InChI=1S/C23H32N4O6S/c1-5-26-13-7-9-18(26)21(23(29)33-4)24-22(28)17-15-16(11-12-19(17)32-3)34(30,31)25-20-10-8-14-27(20)6-2/h11-12,15H,5-10,13-14H2,1-4H3,(H,24,28). The molecule has 3 rings (SSSR count). The Labute approximate surface area is 200 Å². The lowest BCUT2D eigenvalue weighted by Gasteiger charge is -2.21. The maximum atomic E-state index is 13.2. The molecule has 0 bridgehead atoms. The number of hydrogen-bond acceptors (Lipinski definition) is 7. The number of nitrogens with zero attached hydrogens (tertiary/aromatic N) is 3. The lowest BCUT2D eigenvalue weighted by molar-refractivity contribution is -0.136. The number of amidine groups is 1. The Hall–Kier alpha value is -3.08. The highest BCUT2D eigenvalue weighted by Gasteiger charge is 2.28. The molecule has 1 aromatic carbocycles. The number of carbonyl (C=O) groups excluding carboxylic acids is 2. The largest absolute Gasteiger partial charge is 0.496 e. The van der Waals surface area contributed by atoms with Crippen molar-refractivity contribution in [2.24, 2.45) is 4.40 Å². The highest BCUT2D eigenvalue weighted by atomic mass is 32.2. The van der Waals surface area contributed by atoms with E-state index < -0.39 is 21.9 Å². The fourth-order valence-electron chi connectivity index (χ4n) is 4.26. The van der Waals surface area contributed by atoms with Crippen molar-refractivity contribution in [1.82, 2.24) is 15.1 Å². The Morgan fingerprint density at radius 2 is 1.74 bits per heavy atom. The number of nitrogens with one attached hydrogen (secondary N) is 1.